The van der Waals surface area contributed by atoms with Crippen molar-refractivity contribution in [2.24, 2.45) is 0 Å². The molecule has 2 aromatic carbocycles. The highest BCUT2D eigenvalue weighted by Gasteiger charge is 2.19. The third-order valence-electron chi connectivity index (χ3n) is 5.20. The van der Waals surface area contributed by atoms with Gasteiger partial charge in [0.15, 0.2) is 0 Å². The molecule has 28 heavy (non-hydrogen) atoms. The second-order valence-electron chi connectivity index (χ2n) is 7.19. The van der Waals surface area contributed by atoms with Crippen LogP contribution in [-0.4, -0.2) is 9.55 Å². The fraction of sp³-hybridized carbons (Fsp3) is 0.217. The van der Waals surface area contributed by atoms with Crippen LogP contribution >= 0.6 is 11.3 Å². The van der Waals surface area contributed by atoms with Crippen LogP contribution in [0.3, 0.4) is 0 Å². The number of fused-ring (bicyclic) bond motifs is 1. The van der Waals surface area contributed by atoms with Crippen molar-refractivity contribution in [1.29, 1.82) is 0 Å². The van der Waals surface area contributed by atoms with E-state index in [1.807, 2.05) is 19.9 Å². The fourth-order valence-corrected chi connectivity index (χ4v) is 4.63. The minimum absolute atomic E-state index is 0.0793. The Labute approximate surface area is 167 Å². The number of aromatic nitrogens is 2. The molecule has 0 atom stereocenters. The molecule has 0 spiro atoms. The Bertz CT molecular complexity index is 1270. The van der Waals surface area contributed by atoms with E-state index < -0.39 is 0 Å². The molecule has 0 fully saturated rings. The monoisotopic (exact) mass is 392 g/mol. The minimum Gasteiger partial charge on any atom is -0.292 e. The molecule has 0 amide bonds. The number of nitrogens with zero attached hydrogens (tertiary/aromatic N) is 2. The van der Waals surface area contributed by atoms with Gasteiger partial charge >= 0.3 is 0 Å². The molecular weight excluding hydrogens is 371 g/mol. The fourth-order valence-electron chi connectivity index (χ4n) is 3.55. The summed E-state index contributed by atoms with van der Waals surface area (Å²) in [4.78, 5) is 20.0. The van der Waals surface area contributed by atoms with E-state index in [-0.39, 0.29) is 11.4 Å². The van der Waals surface area contributed by atoms with Crippen molar-refractivity contribution in [3.05, 3.63) is 86.0 Å². The Morgan fingerprint density at radius 2 is 1.82 bits per heavy atom. The van der Waals surface area contributed by atoms with Gasteiger partial charge in [-0.15, -0.1) is 11.3 Å². The summed E-state index contributed by atoms with van der Waals surface area (Å²) in [7, 11) is 0. The molecule has 0 saturated carbocycles. The molecule has 142 valence electrons. The van der Waals surface area contributed by atoms with E-state index >= 15 is 0 Å². The average molecular weight is 392 g/mol. The first-order valence-electron chi connectivity index (χ1n) is 9.17. The van der Waals surface area contributed by atoms with Gasteiger partial charge in [-0.3, -0.25) is 9.36 Å². The predicted octanol–water partition coefficient (Wildman–Crippen LogP) is 5.55. The quantitative estimate of drug-likeness (QED) is 0.458. The molecule has 5 heteroatoms. The summed E-state index contributed by atoms with van der Waals surface area (Å²) in [5, 5.41) is 0.646. The number of aryl methyl sites for hydroxylation is 4. The number of hydrogen-bond acceptors (Lipinski definition) is 3. The molecule has 0 saturated heterocycles. The van der Waals surface area contributed by atoms with Crippen molar-refractivity contribution in [3.8, 4) is 11.1 Å². The van der Waals surface area contributed by atoms with E-state index in [0.29, 0.717) is 17.8 Å². The number of thiophene rings is 1. The standard InChI is InChI=1S/C23H21FN2OS/c1-13-8-9-18(10-14(13)2)20-15(3)28-22-21(20)23(27)26(16(4)25-22)12-17-6-5-7-19(24)11-17/h5-11H,12H2,1-4H3. The maximum absolute atomic E-state index is 13.6. The summed E-state index contributed by atoms with van der Waals surface area (Å²) in [6, 6.07) is 12.6. The van der Waals surface area contributed by atoms with E-state index in [1.54, 1.807) is 22.0 Å². The zero-order valence-electron chi connectivity index (χ0n) is 16.3. The average Bonchev–Trinajstić information content (AvgIpc) is 2.97. The molecule has 0 aliphatic rings. The van der Waals surface area contributed by atoms with Gasteiger partial charge in [0.1, 0.15) is 16.5 Å². The third kappa shape index (κ3) is 3.16. The molecule has 2 aromatic heterocycles. The first-order valence-corrected chi connectivity index (χ1v) is 9.99. The van der Waals surface area contributed by atoms with Crippen molar-refractivity contribution in [3.63, 3.8) is 0 Å². The summed E-state index contributed by atoms with van der Waals surface area (Å²) in [5.41, 5.74) is 5.06. The zero-order chi connectivity index (χ0) is 20.0. The molecular formula is C23H21FN2OS. The van der Waals surface area contributed by atoms with Crippen molar-refractivity contribution >= 4 is 21.6 Å². The van der Waals surface area contributed by atoms with Crippen molar-refractivity contribution in [1.82, 2.24) is 9.55 Å². The molecule has 0 N–H and O–H groups in total. The first-order chi connectivity index (χ1) is 13.3. The van der Waals surface area contributed by atoms with Gasteiger partial charge < -0.3 is 0 Å². The molecule has 0 aliphatic heterocycles. The van der Waals surface area contributed by atoms with Gasteiger partial charge in [-0.2, -0.15) is 0 Å². The highest BCUT2D eigenvalue weighted by Crippen LogP contribution is 2.36. The van der Waals surface area contributed by atoms with Crippen molar-refractivity contribution in [2.75, 3.05) is 0 Å². The van der Waals surface area contributed by atoms with Gasteiger partial charge in [-0.1, -0.05) is 30.3 Å². The van der Waals surface area contributed by atoms with Crippen LogP contribution in [0, 0.1) is 33.5 Å². The lowest BCUT2D eigenvalue weighted by atomic mass is 9.99. The van der Waals surface area contributed by atoms with Crippen LogP contribution in [0.2, 0.25) is 0 Å². The Morgan fingerprint density at radius 3 is 2.54 bits per heavy atom. The molecule has 0 radical (unpaired) electrons. The van der Waals surface area contributed by atoms with Crippen LogP contribution in [0.5, 0.6) is 0 Å². The summed E-state index contributed by atoms with van der Waals surface area (Å²) in [6.45, 7) is 8.31. The van der Waals surface area contributed by atoms with E-state index in [0.717, 1.165) is 26.4 Å². The summed E-state index contributed by atoms with van der Waals surface area (Å²) >= 11 is 1.54. The van der Waals surface area contributed by atoms with Crippen LogP contribution in [-0.2, 0) is 6.54 Å². The zero-order valence-corrected chi connectivity index (χ0v) is 17.2. The van der Waals surface area contributed by atoms with Crippen molar-refractivity contribution < 1.29 is 4.39 Å². The SMILES string of the molecule is Cc1ccc(-c2c(C)sc3nc(C)n(Cc4cccc(F)c4)c(=O)c23)cc1C. The predicted molar refractivity (Wildman–Crippen MR) is 114 cm³/mol. The topological polar surface area (TPSA) is 34.9 Å². The summed E-state index contributed by atoms with van der Waals surface area (Å²) in [5.74, 6) is 0.328. The lowest BCUT2D eigenvalue weighted by Crippen LogP contribution is -2.24. The summed E-state index contributed by atoms with van der Waals surface area (Å²) in [6.07, 6.45) is 0. The van der Waals surface area contributed by atoms with Crippen LogP contribution in [0.25, 0.3) is 21.3 Å². The van der Waals surface area contributed by atoms with Gasteiger partial charge in [0.05, 0.1) is 11.9 Å². The molecule has 2 heterocycles. The number of hydrogen-bond donors (Lipinski definition) is 0. The number of rotatable bonds is 3. The number of benzene rings is 2. The second kappa shape index (κ2) is 6.99. The van der Waals surface area contributed by atoms with E-state index in [2.05, 4.69) is 37.0 Å². The lowest BCUT2D eigenvalue weighted by molar-refractivity contribution is 0.621. The maximum Gasteiger partial charge on any atom is 0.263 e. The Morgan fingerprint density at radius 1 is 1.04 bits per heavy atom. The Balaban J connectivity index is 1.94. The van der Waals surface area contributed by atoms with Crippen LogP contribution in [0.4, 0.5) is 4.39 Å². The van der Waals surface area contributed by atoms with Crippen LogP contribution in [0.1, 0.15) is 27.4 Å². The lowest BCUT2D eigenvalue weighted by Gasteiger charge is -2.11. The summed E-state index contributed by atoms with van der Waals surface area (Å²) < 4.78 is 15.2. The second-order valence-corrected chi connectivity index (χ2v) is 8.40. The largest absolute Gasteiger partial charge is 0.292 e. The van der Waals surface area contributed by atoms with E-state index in [1.165, 1.54) is 23.3 Å². The third-order valence-corrected chi connectivity index (χ3v) is 6.20. The van der Waals surface area contributed by atoms with Crippen LogP contribution < -0.4 is 5.56 Å². The van der Waals surface area contributed by atoms with E-state index in [9.17, 15) is 9.18 Å². The smallest absolute Gasteiger partial charge is 0.263 e. The minimum atomic E-state index is -0.306. The Hall–Kier alpha value is -2.79. The van der Waals surface area contributed by atoms with Gasteiger partial charge in [0.25, 0.3) is 5.56 Å². The van der Waals surface area contributed by atoms with Crippen LogP contribution in [0.15, 0.2) is 47.3 Å². The highest BCUT2D eigenvalue weighted by molar-refractivity contribution is 7.19. The van der Waals surface area contributed by atoms with Gasteiger partial charge in [0.2, 0.25) is 0 Å². The number of halogens is 1. The maximum atomic E-state index is 13.6. The normalized spacial score (nSPS) is 11.3. The van der Waals surface area contributed by atoms with Gasteiger partial charge in [0, 0.05) is 10.4 Å². The molecule has 0 unspecified atom stereocenters. The molecule has 3 nitrogen and oxygen atoms in total. The highest BCUT2D eigenvalue weighted by atomic mass is 32.1. The first kappa shape index (κ1) is 18.6. The Kier molecular flexibility index (Phi) is 4.63. The van der Waals surface area contributed by atoms with Crippen molar-refractivity contribution in [2.45, 2.75) is 34.2 Å². The van der Waals surface area contributed by atoms with E-state index in [4.69, 9.17) is 0 Å². The molecule has 4 aromatic rings. The molecule has 0 aliphatic carbocycles. The van der Waals surface area contributed by atoms with Gasteiger partial charge in [-0.05, 0) is 62.1 Å². The molecule has 0 bridgehead atoms. The van der Waals surface area contributed by atoms with Gasteiger partial charge in [-0.25, -0.2) is 9.37 Å². The molecule has 4 rings (SSSR count).